The molecule has 1 saturated heterocycles. The highest BCUT2D eigenvalue weighted by Gasteiger charge is 2.18. The van der Waals surface area contributed by atoms with Crippen molar-refractivity contribution in [1.29, 1.82) is 0 Å². The predicted octanol–water partition coefficient (Wildman–Crippen LogP) is 1.55. The molecule has 1 aliphatic rings. The number of rotatable bonds is 4. The molecular formula is C15H20ClN5O. The molecule has 1 fully saturated rings. The molecule has 2 N–H and O–H groups in total. The van der Waals surface area contributed by atoms with Gasteiger partial charge in [0.2, 0.25) is 0 Å². The van der Waals surface area contributed by atoms with E-state index < -0.39 is 0 Å². The lowest BCUT2D eigenvalue weighted by Gasteiger charge is -2.22. The van der Waals surface area contributed by atoms with Crippen LogP contribution in [0.1, 0.15) is 34.9 Å². The van der Waals surface area contributed by atoms with Crippen LogP contribution in [0.15, 0.2) is 36.5 Å². The Hall–Kier alpha value is -1.92. The third kappa shape index (κ3) is 4.05. The van der Waals surface area contributed by atoms with Gasteiger partial charge in [0.25, 0.3) is 5.91 Å². The maximum atomic E-state index is 12.1. The number of carbonyl (C=O) groups excluding carboxylic acids is 1. The van der Waals surface area contributed by atoms with Gasteiger partial charge in [-0.2, -0.15) is 0 Å². The van der Waals surface area contributed by atoms with E-state index in [0.717, 1.165) is 31.5 Å². The van der Waals surface area contributed by atoms with E-state index >= 15 is 0 Å². The lowest BCUT2D eigenvalue weighted by atomic mass is 10.1. The van der Waals surface area contributed by atoms with Crippen molar-refractivity contribution in [2.45, 2.75) is 25.4 Å². The quantitative estimate of drug-likeness (QED) is 0.896. The van der Waals surface area contributed by atoms with Gasteiger partial charge in [-0.1, -0.05) is 35.5 Å². The van der Waals surface area contributed by atoms with Crippen molar-refractivity contribution in [3.63, 3.8) is 0 Å². The summed E-state index contributed by atoms with van der Waals surface area (Å²) in [5.74, 6) is -0.181. The molecule has 1 aliphatic heterocycles. The first-order chi connectivity index (χ1) is 10.3. The van der Waals surface area contributed by atoms with Crippen LogP contribution in [-0.4, -0.2) is 34.0 Å². The Morgan fingerprint density at radius 1 is 1.27 bits per heavy atom. The Kier molecular flexibility index (Phi) is 5.91. The van der Waals surface area contributed by atoms with Gasteiger partial charge in [-0.3, -0.25) is 4.79 Å². The van der Waals surface area contributed by atoms with Gasteiger partial charge in [-0.15, -0.1) is 17.5 Å². The SMILES string of the molecule is Cl.O=C(NCc1ccccc1)c1cn(C2CCNCC2)nn1. The molecular weight excluding hydrogens is 302 g/mol. The molecule has 1 aromatic heterocycles. The number of hydrogen-bond donors (Lipinski definition) is 2. The lowest BCUT2D eigenvalue weighted by Crippen LogP contribution is -2.29. The van der Waals surface area contributed by atoms with Crippen LogP contribution in [0.5, 0.6) is 0 Å². The second kappa shape index (κ2) is 7.91. The Bertz CT molecular complexity index is 595. The zero-order chi connectivity index (χ0) is 14.5. The number of halogens is 1. The minimum Gasteiger partial charge on any atom is -0.347 e. The summed E-state index contributed by atoms with van der Waals surface area (Å²) in [5, 5.41) is 14.3. The molecule has 0 spiro atoms. The fourth-order valence-electron chi connectivity index (χ4n) is 2.50. The van der Waals surface area contributed by atoms with Gasteiger partial charge < -0.3 is 10.6 Å². The fourth-order valence-corrected chi connectivity index (χ4v) is 2.50. The molecule has 0 radical (unpaired) electrons. The second-order valence-corrected chi connectivity index (χ2v) is 5.23. The molecule has 0 aliphatic carbocycles. The molecule has 118 valence electrons. The van der Waals surface area contributed by atoms with Crippen LogP contribution in [0.2, 0.25) is 0 Å². The van der Waals surface area contributed by atoms with Crippen LogP contribution in [0.25, 0.3) is 0 Å². The summed E-state index contributed by atoms with van der Waals surface area (Å²) < 4.78 is 1.82. The maximum Gasteiger partial charge on any atom is 0.273 e. The summed E-state index contributed by atoms with van der Waals surface area (Å²) in [4.78, 5) is 12.1. The molecule has 0 atom stereocenters. The van der Waals surface area contributed by atoms with E-state index in [-0.39, 0.29) is 18.3 Å². The first-order valence-electron chi connectivity index (χ1n) is 7.27. The number of nitrogens with zero attached hydrogens (tertiary/aromatic N) is 3. The fraction of sp³-hybridized carbons (Fsp3) is 0.400. The smallest absolute Gasteiger partial charge is 0.273 e. The number of carbonyl (C=O) groups is 1. The van der Waals surface area contributed by atoms with E-state index in [1.165, 1.54) is 0 Å². The Labute approximate surface area is 135 Å². The van der Waals surface area contributed by atoms with Crippen molar-refractivity contribution in [1.82, 2.24) is 25.6 Å². The van der Waals surface area contributed by atoms with Gasteiger partial charge in [0.1, 0.15) is 0 Å². The zero-order valence-electron chi connectivity index (χ0n) is 12.2. The number of benzene rings is 1. The van der Waals surface area contributed by atoms with Crippen molar-refractivity contribution < 1.29 is 4.79 Å². The number of piperidine rings is 1. The normalized spacial score (nSPS) is 15.1. The van der Waals surface area contributed by atoms with Crippen molar-refractivity contribution in [2.24, 2.45) is 0 Å². The molecule has 2 heterocycles. The van der Waals surface area contributed by atoms with Crippen LogP contribution >= 0.6 is 12.4 Å². The van der Waals surface area contributed by atoms with Crippen molar-refractivity contribution in [3.8, 4) is 0 Å². The summed E-state index contributed by atoms with van der Waals surface area (Å²) in [6.07, 6.45) is 3.79. The Morgan fingerprint density at radius 2 is 2.00 bits per heavy atom. The summed E-state index contributed by atoms with van der Waals surface area (Å²) >= 11 is 0. The summed E-state index contributed by atoms with van der Waals surface area (Å²) in [7, 11) is 0. The monoisotopic (exact) mass is 321 g/mol. The first kappa shape index (κ1) is 16.5. The minimum atomic E-state index is -0.181. The van der Waals surface area contributed by atoms with Crippen LogP contribution in [0.4, 0.5) is 0 Å². The van der Waals surface area contributed by atoms with Gasteiger partial charge in [0.15, 0.2) is 5.69 Å². The van der Waals surface area contributed by atoms with Crippen molar-refractivity contribution in [2.75, 3.05) is 13.1 Å². The lowest BCUT2D eigenvalue weighted by molar-refractivity contribution is 0.0946. The van der Waals surface area contributed by atoms with E-state index in [1.54, 1.807) is 6.20 Å². The molecule has 1 amide bonds. The van der Waals surface area contributed by atoms with Crippen molar-refractivity contribution >= 4 is 18.3 Å². The van der Waals surface area contributed by atoms with Crippen LogP contribution in [0.3, 0.4) is 0 Å². The third-order valence-corrected chi connectivity index (χ3v) is 3.72. The predicted molar refractivity (Wildman–Crippen MR) is 86.0 cm³/mol. The molecule has 0 bridgehead atoms. The third-order valence-electron chi connectivity index (χ3n) is 3.72. The topological polar surface area (TPSA) is 71.8 Å². The summed E-state index contributed by atoms with van der Waals surface area (Å²) in [5.41, 5.74) is 1.45. The maximum absolute atomic E-state index is 12.1. The Morgan fingerprint density at radius 3 is 2.73 bits per heavy atom. The van der Waals surface area contributed by atoms with E-state index in [1.807, 2.05) is 35.0 Å². The van der Waals surface area contributed by atoms with E-state index in [2.05, 4.69) is 20.9 Å². The zero-order valence-corrected chi connectivity index (χ0v) is 13.1. The summed E-state index contributed by atoms with van der Waals surface area (Å²) in [6.45, 7) is 2.47. The molecule has 1 aromatic carbocycles. The minimum absolute atomic E-state index is 0. The van der Waals surface area contributed by atoms with Gasteiger partial charge >= 0.3 is 0 Å². The molecule has 0 saturated carbocycles. The number of nitrogens with one attached hydrogen (secondary N) is 2. The second-order valence-electron chi connectivity index (χ2n) is 5.23. The molecule has 22 heavy (non-hydrogen) atoms. The van der Waals surface area contributed by atoms with Crippen LogP contribution in [-0.2, 0) is 6.54 Å². The molecule has 7 heteroatoms. The largest absolute Gasteiger partial charge is 0.347 e. The standard InChI is InChI=1S/C15H19N5O.ClH/c21-15(17-10-12-4-2-1-3-5-12)14-11-20(19-18-14)13-6-8-16-9-7-13;/h1-5,11,13,16H,6-10H2,(H,17,21);1H. The van der Waals surface area contributed by atoms with E-state index in [4.69, 9.17) is 0 Å². The van der Waals surface area contributed by atoms with Gasteiger partial charge in [0, 0.05) is 6.54 Å². The Balaban J connectivity index is 0.00000176. The van der Waals surface area contributed by atoms with Gasteiger partial charge in [-0.25, -0.2) is 4.68 Å². The van der Waals surface area contributed by atoms with Crippen molar-refractivity contribution in [3.05, 3.63) is 47.8 Å². The number of aromatic nitrogens is 3. The molecule has 0 unspecified atom stereocenters. The number of hydrogen-bond acceptors (Lipinski definition) is 4. The molecule has 2 aromatic rings. The highest BCUT2D eigenvalue weighted by atomic mass is 35.5. The number of amides is 1. The van der Waals surface area contributed by atoms with Gasteiger partial charge in [-0.05, 0) is 31.5 Å². The molecule has 6 nitrogen and oxygen atoms in total. The summed E-state index contributed by atoms with van der Waals surface area (Å²) in [6, 6.07) is 10.2. The average molecular weight is 322 g/mol. The highest BCUT2D eigenvalue weighted by molar-refractivity contribution is 5.91. The van der Waals surface area contributed by atoms with Crippen LogP contribution in [0, 0.1) is 0 Å². The van der Waals surface area contributed by atoms with Crippen LogP contribution < -0.4 is 10.6 Å². The highest BCUT2D eigenvalue weighted by Crippen LogP contribution is 2.16. The van der Waals surface area contributed by atoms with E-state index in [9.17, 15) is 4.79 Å². The first-order valence-corrected chi connectivity index (χ1v) is 7.27. The molecule has 3 rings (SSSR count). The average Bonchev–Trinajstić information content (AvgIpc) is 3.04. The van der Waals surface area contributed by atoms with Gasteiger partial charge in [0.05, 0.1) is 12.2 Å². The van der Waals surface area contributed by atoms with E-state index in [0.29, 0.717) is 18.3 Å².